The minimum Gasteiger partial charge on any atom is -0.494 e. The number of methoxy groups -OCH3 is 1. The highest BCUT2D eigenvalue weighted by atomic mass is 35.5. The van der Waals surface area contributed by atoms with Crippen molar-refractivity contribution in [3.05, 3.63) is 50.1 Å². The molecular weight excluding hydrogens is 407 g/mol. The van der Waals surface area contributed by atoms with Gasteiger partial charge in [0, 0.05) is 24.0 Å². The zero-order valence-electron chi connectivity index (χ0n) is 14.8. The monoisotopic (exact) mass is 426 g/mol. The quantitative estimate of drug-likeness (QED) is 0.784. The number of rotatable bonds is 5. The van der Waals surface area contributed by atoms with E-state index in [0.717, 1.165) is 4.88 Å². The Hall–Kier alpha value is -1.76. The van der Waals surface area contributed by atoms with Gasteiger partial charge in [0.15, 0.2) is 5.75 Å². The number of hydrogen-bond acceptors (Lipinski definition) is 4. The Morgan fingerprint density at radius 1 is 1.22 bits per heavy atom. The Labute approximate surface area is 172 Å². The first-order valence-corrected chi connectivity index (χ1v) is 10.3. The lowest BCUT2D eigenvalue weighted by molar-refractivity contribution is -0.121. The van der Waals surface area contributed by atoms with Crippen molar-refractivity contribution in [3.8, 4) is 5.75 Å². The van der Waals surface area contributed by atoms with Gasteiger partial charge >= 0.3 is 0 Å². The van der Waals surface area contributed by atoms with Crippen LogP contribution < -0.4 is 10.1 Å². The van der Waals surface area contributed by atoms with E-state index in [1.165, 1.54) is 7.11 Å². The molecule has 2 heterocycles. The van der Waals surface area contributed by atoms with Crippen LogP contribution in [0.4, 0.5) is 0 Å². The summed E-state index contributed by atoms with van der Waals surface area (Å²) in [5.41, 5.74) is 0.284. The minimum atomic E-state index is -0.206. The number of nitrogens with one attached hydrogen (secondary N) is 1. The van der Waals surface area contributed by atoms with Gasteiger partial charge in [0.25, 0.3) is 5.91 Å². The average Bonchev–Trinajstić information content (AvgIpc) is 3.16. The summed E-state index contributed by atoms with van der Waals surface area (Å²) in [7, 11) is 1.46. The molecule has 2 amide bonds. The molecule has 1 aliphatic rings. The van der Waals surface area contributed by atoms with Crippen LogP contribution >= 0.6 is 34.5 Å². The summed E-state index contributed by atoms with van der Waals surface area (Å²) in [5, 5.41) is 5.68. The number of halogens is 2. The molecule has 27 heavy (non-hydrogen) atoms. The summed E-state index contributed by atoms with van der Waals surface area (Å²) < 4.78 is 5.27. The van der Waals surface area contributed by atoms with Gasteiger partial charge in [-0.3, -0.25) is 9.59 Å². The first kappa shape index (κ1) is 20.0. The third-order valence-electron chi connectivity index (χ3n) is 4.54. The van der Waals surface area contributed by atoms with Crippen LogP contribution in [0, 0.1) is 0 Å². The van der Waals surface area contributed by atoms with Gasteiger partial charge in [-0.25, -0.2) is 0 Å². The van der Waals surface area contributed by atoms with E-state index in [1.807, 2.05) is 17.5 Å². The van der Waals surface area contributed by atoms with Gasteiger partial charge in [-0.05, 0) is 36.4 Å². The van der Waals surface area contributed by atoms with Crippen molar-refractivity contribution in [3.63, 3.8) is 0 Å². The summed E-state index contributed by atoms with van der Waals surface area (Å²) in [4.78, 5) is 27.8. The highest BCUT2D eigenvalue weighted by Gasteiger charge is 2.28. The Kier molecular flexibility index (Phi) is 6.63. The van der Waals surface area contributed by atoms with Gasteiger partial charge in [-0.15, -0.1) is 11.3 Å². The van der Waals surface area contributed by atoms with E-state index in [4.69, 9.17) is 27.9 Å². The predicted octanol–water partition coefficient (Wildman–Crippen LogP) is 4.03. The molecule has 1 aromatic carbocycles. The summed E-state index contributed by atoms with van der Waals surface area (Å²) >= 11 is 13.9. The van der Waals surface area contributed by atoms with Crippen molar-refractivity contribution < 1.29 is 14.3 Å². The molecular formula is C19H20Cl2N2O3S. The third-order valence-corrected chi connectivity index (χ3v) is 6.03. The van der Waals surface area contributed by atoms with E-state index in [1.54, 1.807) is 28.4 Å². The first-order chi connectivity index (χ1) is 13.0. The van der Waals surface area contributed by atoms with E-state index in [9.17, 15) is 9.59 Å². The molecule has 144 valence electrons. The number of carbonyl (C=O) groups excluding carboxylic acids is 2. The molecule has 0 bridgehead atoms. The number of amides is 2. The van der Waals surface area contributed by atoms with Crippen LogP contribution in [0.25, 0.3) is 0 Å². The van der Waals surface area contributed by atoms with Crippen LogP contribution in [0.5, 0.6) is 5.75 Å². The van der Waals surface area contributed by atoms with Crippen LogP contribution in [0.2, 0.25) is 10.0 Å². The van der Waals surface area contributed by atoms with Crippen LogP contribution in [-0.2, 0) is 11.2 Å². The molecule has 5 nitrogen and oxygen atoms in total. The molecule has 1 saturated heterocycles. The molecule has 0 spiro atoms. The highest BCUT2D eigenvalue weighted by molar-refractivity contribution is 7.10. The minimum absolute atomic E-state index is 0.0155. The van der Waals surface area contributed by atoms with Gasteiger partial charge < -0.3 is 15.0 Å². The fourth-order valence-corrected chi connectivity index (χ4v) is 4.33. The zero-order chi connectivity index (χ0) is 19.4. The standard InChI is InChI=1S/C19H20Cl2N2O3S/c1-26-18-15(21)5-4-14(20)17(18)19(25)23-8-6-12(7-9-23)22-16(24)11-13-3-2-10-27-13/h2-5,10,12H,6-9,11H2,1H3,(H,22,24). The maximum atomic E-state index is 12.9. The van der Waals surface area contributed by atoms with E-state index in [-0.39, 0.29) is 23.4 Å². The normalized spacial score (nSPS) is 14.9. The number of piperidine rings is 1. The van der Waals surface area contributed by atoms with E-state index < -0.39 is 0 Å². The Morgan fingerprint density at radius 3 is 2.56 bits per heavy atom. The predicted molar refractivity (Wildman–Crippen MR) is 108 cm³/mol. The maximum absolute atomic E-state index is 12.9. The van der Waals surface area contributed by atoms with Gasteiger partial charge in [-0.2, -0.15) is 0 Å². The van der Waals surface area contributed by atoms with Crippen LogP contribution in [0.15, 0.2) is 29.6 Å². The Balaban J connectivity index is 1.58. The second-order valence-electron chi connectivity index (χ2n) is 6.33. The molecule has 0 unspecified atom stereocenters. The highest BCUT2D eigenvalue weighted by Crippen LogP contribution is 2.35. The molecule has 0 aliphatic carbocycles. The van der Waals surface area contributed by atoms with Crippen molar-refractivity contribution in [2.75, 3.05) is 20.2 Å². The molecule has 0 atom stereocenters. The molecule has 1 N–H and O–H groups in total. The molecule has 0 saturated carbocycles. The SMILES string of the molecule is COc1c(Cl)ccc(Cl)c1C(=O)N1CCC(NC(=O)Cc2cccs2)CC1. The number of likely N-dealkylation sites (tertiary alicyclic amines) is 1. The summed E-state index contributed by atoms with van der Waals surface area (Å²) in [6, 6.07) is 7.16. The lowest BCUT2D eigenvalue weighted by Crippen LogP contribution is -2.47. The molecule has 3 rings (SSSR count). The average molecular weight is 427 g/mol. The zero-order valence-corrected chi connectivity index (χ0v) is 17.2. The lowest BCUT2D eigenvalue weighted by atomic mass is 10.0. The molecule has 1 fully saturated rings. The molecule has 1 aromatic heterocycles. The lowest BCUT2D eigenvalue weighted by Gasteiger charge is -2.33. The number of carbonyl (C=O) groups is 2. The van der Waals surface area contributed by atoms with Gasteiger partial charge in [0.1, 0.15) is 5.56 Å². The Morgan fingerprint density at radius 2 is 1.93 bits per heavy atom. The fourth-order valence-electron chi connectivity index (χ4n) is 3.17. The number of ether oxygens (including phenoxy) is 1. The van der Waals surface area contributed by atoms with E-state index >= 15 is 0 Å². The van der Waals surface area contributed by atoms with Gasteiger partial charge in [0.2, 0.25) is 5.91 Å². The van der Waals surface area contributed by atoms with E-state index in [2.05, 4.69) is 5.32 Å². The molecule has 1 aliphatic heterocycles. The van der Waals surface area contributed by atoms with Gasteiger partial charge in [-0.1, -0.05) is 29.3 Å². The van der Waals surface area contributed by atoms with Crippen molar-refractivity contribution >= 4 is 46.4 Å². The van der Waals surface area contributed by atoms with Crippen LogP contribution in [-0.4, -0.2) is 43.0 Å². The third kappa shape index (κ3) is 4.75. The van der Waals surface area contributed by atoms with E-state index in [0.29, 0.717) is 48.1 Å². The smallest absolute Gasteiger partial charge is 0.259 e. The number of thiophene rings is 1. The fraction of sp³-hybridized carbons (Fsp3) is 0.368. The second-order valence-corrected chi connectivity index (χ2v) is 8.17. The molecule has 2 aromatic rings. The summed E-state index contributed by atoms with van der Waals surface area (Å²) in [6.45, 7) is 1.07. The second kappa shape index (κ2) is 8.95. The first-order valence-electron chi connectivity index (χ1n) is 8.62. The number of nitrogens with zero attached hydrogens (tertiary/aromatic N) is 1. The molecule has 8 heteroatoms. The van der Waals surface area contributed by atoms with Crippen LogP contribution in [0.3, 0.4) is 0 Å². The van der Waals surface area contributed by atoms with Crippen molar-refractivity contribution in [2.24, 2.45) is 0 Å². The van der Waals surface area contributed by atoms with Gasteiger partial charge in [0.05, 0.1) is 23.6 Å². The summed E-state index contributed by atoms with van der Waals surface area (Å²) in [6.07, 6.45) is 1.79. The van der Waals surface area contributed by atoms with Crippen molar-refractivity contribution in [1.29, 1.82) is 0 Å². The summed E-state index contributed by atoms with van der Waals surface area (Å²) in [5.74, 6) is 0.102. The van der Waals surface area contributed by atoms with Crippen molar-refractivity contribution in [1.82, 2.24) is 10.2 Å². The Bertz CT molecular complexity index is 819. The topological polar surface area (TPSA) is 58.6 Å². The van der Waals surface area contributed by atoms with Crippen LogP contribution in [0.1, 0.15) is 28.1 Å². The number of benzene rings is 1. The largest absolute Gasteiger partial charge is 0.494 e. The van der Waals surface area contributed by atoms with Crippen molar-refractivity contribution in [2.45, 2.75) is 25.3 Å². The molecule has 0 radical (unpaired) electrons. The maximum Gasteiger partial charge on any atom is 0.259 e. The number of hydrogen-bond donors (Lipinski definition) is 1.